The van der Waals surface area contributed by atoms with E-state index in [0.717, 1.165) is 30.2 Å². The zero-order chi connectivity index (χ0) is 15.2. The Morgan fingerprint density at radius 3 is 2.67 bits per heavy atom. The summed E-state index contributed by atoms with van der Waals surface area (Å²) in [5, 5.41) is 13.3. The van der Waals surface area contributed by atoms with Gasteiger partial charge >= 0.3 is 0 Å². The van der Waals surface area contributed by atoms with Crippen molar-refractivity contribution >= 4 is 17.3 Å². The zero-order valence-corrected chi connectivity index (χ0v) is 13.2. The predicted molar refractivity (Wildman–Crippen MR) is 82.0 cm³/mol. The Morgan fingerprint density at radius 2 is 2.00 bits per heavy atom. The first kappa shape index (κ1) is 15.7. The van der Waals surface area contributed by atoms with Gasteiger partial charge in [0.1, 0.15) is 11.6 Å². The first-order valence-corrected chi connectivity index (χ1v) is 8.08. The molecule has 5 heteroatoms. The van der Waals surface area contributed by atoms with Crippen molar-refractivity contribution in [2.24, 2.45) is 0 Å². The molecule has 1 aromatic carbocycles. The molecule has 0 aliphatic carbocycles. The number of carbonyl (C=O) groups excluding carboxylic acids is 1. The number of aromatic nitrogens is 1. The molecule has 1 heterocycles. The summed E-state index contributed by atoms with van der Waals surface area (Å²) in [7, 11) is 0. The van der Waals surface area contributed by atoms with Gasteiger partial charge < -0.3 is 14.8 Å². The molecule has 0 fully saturated rings. The summed E-state index contributed by atoms with van der Waals surface area (Å²) in [6.07, 6.45) is -0.125. The monoisotopic (exact) mass is 304 g/mol. The number of hydrogen-bond acceptors (Lipinski definition) is 4. The van der Waals surface area contributed by atoms with Crippen LogP contribution in [0.5, 0.6) is 0 Å². The fraction of sp³-hybridized carbons (Fsp3) is 0.375. The highest BCUT2D eigenvalue weighted by atomic mass is 32.1. The van der Waals surface area contributed by atoms with Crippen molar-refractivity contribution in [3.05, 3.63) is 40.9 Å². The molecule has 112 valence electrons. The van der Waals surface area contributed by atoms with Crippen molar-refractivity contribution < 1.29 is 14.8 Å². The number of carboxylic acid groups (broad SMARTS) is 1. The summed E-state index contributed by atoms with van der Waals surface area (Å²) in [5.74, 6) is -1.09. The normalized spacial score (nSPS) is 11.0. The van der Waals surface area contributed by atoms with Crippen LogP contribution in [-0.2, 0) is 17.8 Å². The van der Waals surface area contributed by atoms with Gasteiger partial charge in [0.25, 0.3) is 0 Å². The highest BCUT2D eigenvalue weighted by molar-refractivity contribution is 7.13. The van der Waals surface area contributed by atoms with Crippen LogP contribution < -0.4 is 10.0 Å². The van der Waals surface area contributed by atoms with E-state index in [-0.39, 0.29) is 6.42 Å². The standard InChI is InChI=1S/C16H20N2O2S/c1-3-18(4-2)10-12-7-5-6-8-14(12)16-17-13(11-21-16)9-15(19)20/h5-8,11H,3-4,9-10H2,1-2H3,(H,19,20). The van der Waals surface area contributed by atoms with Crippen molar-refractivity contribution in [1.82, 2.24) is 4.98 Å². The first-order chi connectivity index (χ1) is 10.1. The molecule has 0 unspecified atom stereocenters. The second-order valence-electron chi connectivity index (χ2n) is 4.98. The molecule has 0 amide bonds. The highest BCUT2D eigenvalue weighted by Gasteiger charge is 2.13. The summed E-state index contributed by atoms with van der Waals surface area (Å²) in [4.78, 5) is 16.6. The third kappa shape index (κ3) is 4.12. The van der Waals surface area contributed by atoms with Crippen LogP contribution in [0.3, 0.4) is 0 Å². The molecule has 2 aromatic rings. The minimum Gasteiger partial charge on any atom is -0.550 e. The second kappa shape index (κ2) is 7.33. The van der Waals surface area contributed by atoms with Crippen molar-refractivity contribution in [3.8, 4) is 10.6 Å². The smallest absolute Gasteiger partial charge is 0.124 e. The average Bonchev–Trinajstić information content (AvgIpc) is 2.92. The Hall–Kier alpha value is -1.72. The molecular weight excluding hydrogens is 284 g/mol. The van der Waals surface area contributed by atoms with Gasteiger partial charge in [0, 0.05) is 28.9 Å². The van der Waals surface area contributed by atoms with Crippen LogP contribution in [0.1, 0.15) is 25.1 Å². The Kier molecular flexibility index (Phi) is 5.47. The topological polar surface area (TPSA) is 57.5 Å². The van der Waals surface area contributed by atoms with Crippen molar-refractivity contribution in [1.29, 1.82) is 0 Å². The van der Waals surface area contributed by atoms with Gasteiger partial charge in [0.2, 0.25) is 0 Å². The molecule has 0 aliphatic rings. The lowest BCUT2D eigenvalue weighted by Gasteiger charge is -2.17. The largest absolute Gasteiger partial charge is 0.550 e. The van der Waals surface area contributed by atoms with Crippen LogP contribution in [0.4, 0.5) is 0 Å². The Morgan fingerprint density at radius 1 is 1.29 bits per heavy atom. The van der Waals surface area contributed by atoms with Gasteiger partial charge in [-0.3, -0.25) is 0 Å². The van der Waals surface area contributed by atoms with Crippen LogP contribution >= 0.6 is 11.3 Å². The number of aliphatic carboxylic acids is 1. The molecule has 1 aromatic heterocycles. The van der Waals surface area contributed by atoms with E-state index in [1.807, 2.05) is 12.1 Å². The van der Waals surface area contributed by atoms with Crippen LogP contribution in [0.15, 0.2) is 29.6 Å². The van der Waals surface area contributed by atoms with Gasteiger partial charge in [0.05, 0.1) is 18.8 Å². The number of hydrogen-bond donors (Lipinski definition) is 1. The number of carboxylic acids is 1. The average molecular weight is 304 g/mol. The van der Waals surface area contributed by atoms with E-state index in [4.69, 9.17) is 0 Å². The minimum atomic E-state index is -1.09. The van der Waals surface area contributed by atoms with E-state index >= 15 is 0 Å². The summed E-state index contributed by atoms with van der Waals surface area (Å²) in [5.41, 5.74) is 2.93. The molecule has 1 N–H and O–H groups in total. The van der Waals surface area contributed by atoms with Gasteiger partial charge in [-0.25, -0.2) is 4.98 Å². The molecule has 0 aliphatic heterocycles. The number of quaternary nitrogens is 1. The van der Waals surface area contributed by atoms with Gasteiger partial charge in [-0.2, -0.15) is 0 Å². The third-order valence-electron chi connectivity index (χ3n) is 3.57. The Balaban J connectivity index is 2.27. The minimum absolute atomic E-state index is 0.125. The maximum atomic E-state index is 10.7. The number of thiazole rings is 1. The molecule has 0 saturated carbocycles. The fourth-order valence-electron chi connectivity index (χ4n) is 2.31. The maximum absolute atomic E-state index is 10.7. The van der Waals surface area contributed by atoms with Gasteiger partial charge in [-0.05, 0) is 13.8 Å². The molecule has 0 atom stereocenters. The van der Waals surface area contributed by atoms with E-state index < -0.39 is 5.97 Å². The van der Waals surface area contributed by atoms with Crippen LogP contribution in [0.25, 0.3) is 10.6 Å². The maximum Gasteiger partial charge on any atom is 0.124 e. The van der Waals surface area contributed by atoms with Gasteiger partial charge in [-0.1, -0.05) is 24.3 Å². The van der Waals surface area contributed by atoms with E-state index in [1.54, 1.807) is 5.38 Å². The second-order valence-corrected chi connectivity index (χ2v) is 5.84. The molecule has 21 heavy (non-hydrogen) atoms. The molecule has 0 saturated heterocycles. The predicted octanol–water partition coefficient (Wildman–Crippen LogP) is 0.527. The lowest BCUT2D eigenvalue weighted by molar-refractivity contribution is -0.910. The molecule has 0 radical (unpaired) electrons. The summed E-state index contributed by atoms with van der Waals surface area (Å²) in [6.45, 7) is 7.49. The zero-order valence-electron chi connectivity index (χ0n) is 12.4. The number of nitrogens with zero attached hydrogens (tertiary/aromatic N) is 1. The summed E-state index contributed by atoms with van der Waals surface area (Å²) < 4.78 is 0. The molecule has 2 rings (SSSR count). The molecular formula is C16H20N2O2S. The van der Waals surface area contributed by atoms with E-state index in [1.165, 1.54) is 21.8 Å². The van der Waals surface area contributed by atoms with Crippen molar-refractivity contribution in [3.63, 3.8) is 0 Å². The summed E-state index contributed by atoms with van der Waals surface area (Å²) >= 11 is 1.49. The number of carbonyl (C=O) groups is 1. The molecule has 0 spiro atoms. The van der Waals surface area contributed by atoms with Gasteiger partial charge in [-0.15, -0.1) is 11.3 Å². The van der Waals surface area contributed by atoms with Gasteiger partial charge in [0.15, 0.2) is 0 Å². The van der Waals surface area contributed by atoms with Crippen LogP contribution in [0, 0.1) is 0 Å². The quantitative estimate of drug-likeness (QED) is 0.812. The van der Waals surface area contributed by atoms with E-state index in [0.29, 0.717) is 5.69 Å². The number of rotatable bonds is 7. The molecule has 0 bridgehead atoms. The van der Waals surface area contributed by atoms with Crippen LogP contribution in [0.2, 0.25) is 0 Å². The lowest BCUT2D eigenvalue weighted by Crippen LogP contribution is -3.10. The Bertz CT molecular complexity index is 606. The van der Waals surface area contributed by atoms with Crippen molar-refractivity contribution in [2.45, 2.75) is 26.8 Å². The van der Waals surface area contributed by atoms with E-state index in [2.05, 4.69) is 31.0 Å². The lowest BCUT2D eigenvalue weighted by atomic mass is 10.1. The number of nitrogens with one attached hydrogen (secondary N) is 1. The van der Waals surface area contributed by atoms with Crippen LogP contribution in [-0.4, -0.2) is 24.0 Å². The Labute approximate surface area is 129 Å². The fourth-order valence-corrected chi connectivity index (χ4v) is 3.19. The molecule has 4 nitrogen and oxygen atoms in total. The SMILES string of the molecule is CC[NH+](CC)Cc1ccccc1-c1nc(CC(=O)[O-])cs1. The summed E-state index contributed by atoms with van der Waals surface area (Å²) in [6, 6.07) is 8.22. The van der Waals surface area contributed by atoms with E-state index in [9.17, 15) is 9.90 Å². The van der Waals surface area contributed by atoms with Crippen molar-refractivity contribution in [2.75, 3.05) is 13.1 Å². The third-order valence-corrected chi connectivity index (χ3v) is 4.49. The number of benzene rings is 1. The highest BCUT2D eigenvalue weighted by Crippen LogP contribution is 2.26. The first-order valence-electron chi connectivity index (χ1n) is 7.20.